The molecule has 0 amide bonds. The number of rotatable bonds is 2. The molecule has 2 heterocycles. The lowest BCUT2D eigenvalue weighted by molar-refractivity contribution is 0.622. The van der Waals surface area contributed by atoms with E-state index in [1.807, 2.05) is 6.92 Å². The fraction of sp³-hybridized carbons (Fsp3) is 0.600. The molecule has 4 nitrogen and oxygen atoms in total. The third-order valence-corrected chi connectivity index (χ3v) is 4.24. The second-order valence-electron chi connectivity index (χ2n) is 3.94. The molecule has 1 aromatic rings. The minimum atomic E-state index is -0.627. The van der Waals surface area contributed by atoms with Gasteiger partial charge in [-0.25, -0.2) is 9.97 Å². The second kappa shape index (κ2) is 5.10. The van der Waals surface area contributed by atoms with E-state index < -0.39 is 10.8 Å². The fourth-order valence-corrected chi connectivity index (χ4v) is 3.13. The van der Waals surface area contributed by atoms with Gasteiger partial charge in [-0.1, -0.05) is 0 Å². The van der Waals surface area contributed by atoms with Crippen molar-refractivity contribution in [2.24, 2.45) is 0 Å². The Morgan fingerprint density at radius 3 is 2.88 bits per heavy atom. The van der Waals surface area contributed by atoms with Crippen LogP contribution in [0.2, 0.25) is 5.28 Å². The van der Waals surface area contributed by atoms with Crippen LogP contribution in [0.25, 0.3) is 0 Å². The van der Waals surface area contributed by atoms with Crippen LogP contribution in [0.3, 0.4) is 0 Å². The summed E-state index contributed by atoms with van der Waals surface area (Å²) >= 11 is 5.75. The van der Waals surface area contributed by atoms with E-state index >= 15 is 0 Å². The van der Waals surface area contributed by atoms with Gasteiger partial charge in [0, 0.05) is 40.1 Å². The summed E-state index contributed by atoms with van der Waals surface area (Å²) < 4.78 is 11.2. The first-order valence-corrected chi connectivity index (χ1v) is 7.12. The van der Waals surface area contributed by atoms with E-state index in [1.54, 1.807) is 6.20 Å². The molecular formula is C10H14ClN3OS. The van der Waals surface area contributed by atoms with Crippen LogP contribution in [0.15, 0.2) is 6.20 Å². The third-order valence-electron chi connectivity index (χ3n) is 2.67. The van der Waals surface area contributed by atoms with Crippen molar-refractivity contribution >= 4 is 28.2 Å². The van der Waals surface area contributed by atoms with Crippen molar-refractivity contribution in [3.05, 3.63) is 17.0 Å². The highest BCUT2D eigenvalue weighted by Gasteiger charge is 2.18. The molecule has 6 heteroatoms. The zero-order chi connectivity index (χ0) is 11.5. The molecule has 0 spiro atoms. The van der Waals surface area contributed by atoms with Crippen molar-refractivity contribution in [3.8, 4) is 0 Å². The summed E-state index contributed by atoms with van der Waals surface area (Å²) in [6, 6.07) is 0.349. The summed E-state index contributed by atoms with van der Waals surface area (Å²) in [4.78, 5) is 8.06. The lowest BCUT2D eigenvalue weighted by atomic mass is 10.1. The van der Waals surface area contributed by atoms with Crippen molar-refractivity contribution in [2.45, 2.75) is 25.8 Å². The van der Waals surface area contributed by atoms with Crippen LogP contribution in [0, 0.1) is 6.92 Å². The van der Waals surface area contributed by atoms with Gasteiger partial charge >= 0.3 is 0 Å². The number of nitrogens with zero attached hydrogens (tertiary/aromatic N) is 2. The van der Waals surface area contributed by atoms with Crippen LogP contribution in [0.1, 0.15) is 18.4 Å². The van der Waals surface area contributed by atoms with Crippen LogP contribution >= 0.6 is 11.6 Å². The number of hydrogen-bond acceptors (Lipinski definition) is 4. The summed E-state index contributed by atoms with van der Waals surface area (Å²) in [7, 11) is -0.627. The molecule has 88 valence electrons. The number of aryl methyl sites for hydroxylation is 1. The third kappa shape index (κ3) is 2.92. The SMILES string of the molecule is Cc1cnc(Cl)nc1NC1CCS(=O)CC1. The highest BCUT2D eigenvalue weighted by Crippen LogP contribution is 2.18. The predicted molar refractivity (Wildman–Crippen MR) is 66.3 cm³/mol. The smallest absolute Gasteiger partial charge is 0.224 e. The number of anilines is 1. The summed E-state index contributed by atoms with van der Waals surface area (Å²) in [6.07, 6.45) is 3.56. The average molecular weight is 260 g/mol. The van der Waals surface area contributed by atoms with Gasteiger partial charge in [0.2, 0.25) is 5.28 Å². The molecule has 2 rings (SSSR count). The largest absolute Gasteiger partial charge is 0.367 e. The van der Waals surface area contributed by atoms with Gasteiger partial charge in [-0.15, -0.1) is 0 Å². The standard InChI is InChI=1S/C10H14ClN3OS/c1-7-6-12-10(11)14-9(7)13-8-2-4-16(15)5-3-8/h6,8H,2-5H2,1H3,(H,12,13,14). The molecule has 16 heavy (non-hydrogen) atoms. The Balaban J connectivity index is 2.03. The maximum Gasteiger partial charge on any atom is 0.224 e. The molecule has 0 saturated carbocycles. The molecule has 0 aliphatic carbocycles. The minimum absolute atomic E-state index is 0.257. The molecule has 0 aromatic carbocycles. The molecule has 0 unspecified atom stereocenters. The predicted octanol–water partition coefficient (Wildman–Crippen LogP) is 1.76. The van der Waals surface area contributed by atoms with E-state index in [-0.39, 0.29) is 5.28 Å². The Morgan fingerprint density at radius 1 is 1.50 bits per heavy atom. The first-order chi connectivity index (χ1) is 7.65. The summed E-state index contributed by atoms with van der Waals surface area (Å²) in [5, 5.41) is 3.60. The average Bonchev–Trinajstić information content (AvgIpc) is 2.27. The Hall–Kier alpha value is -0.680. The molecule has 1 aliphatic rings. The van der Waals surface area contributed by atoms with E-state index in [1.165, 1.54) is 0 Å². The fourth-order valence-electron chi connectivity index (χ4n) is 1.70. The van der Waals surface area contributed by atoms with Crippen LogP contribution in [0.4, 0.5) is 5.82 Å². The number of hydrogen-bond donors (Lipinski definition) is 1. The molecule has 0 atom stereocenters. The molecule has 0 radical (unpaired) electrons. The van der Waals surface area contributed by atoms with Crippen molar-refractivity contribution < 1.29 is 4.21 Å². The zero-order valence-electron chi connectivity index (χ0n) is 9.07. The van der Waals surface area contributed by atoms with Gasteiger partial charge in [0.25, 0.3) is 0 Å². The van der Waals surface area contributed by atoms with E-state index in [0.29, 0.717) is 6.04 Å². The second-order valence-corrected chi connectivity index (χ2v) is 5.97. The molecule has 1 saturated heterocycles. The maximum atomic E-state index is 11.2. The first kappa shape index (κ1) is 11.8. The van der Waals surface area contributed by atoms with Crippen LogP contribution in [0.5, 0.6) is 0 Å². The van der Waals surface area contributed by atoms with Crippen LogP contribution in [-0.2, 0) is 10.8 Å². The van der Waals surface area contributed by atoms with Gasteiger partial charge < -0.3 is 5.32 Å². The van der Waals surface area contributed by atoms with Gasteiger partial charge in [0.05, 0.1) is 0 Å². The molecular weight excluding hydrogens is 246 g/mol. The summed E-state index contributed by atoms with van der Waals surface area (Å²) in [6.45, 7) is 1.94. The van der Waals surface area contributed by atoms with E-state index in [2.05, 4.69) is 15.3 Å². The van der Waals surface area contributed by atoms with Gasteiger partial charge in [-0.05, 0) is 31.4 Å². The summed E-state index contributed by atoms with van der Waals surface area (Å²) in [5.41, 5.74) is 0.982. The van der Waals surface area contributed by atoms with E-state index in [0.717, 1.165) is 35.7 Å². The van der Waals surface area contributed by atoms with Crippen molar-refractivity contribution in [2.75, 3.05) is 16.8 Å². The highest BCUT2D eigenvalue weighted by molar-refractivity contribution is 7.85. The van der Waals surface area contributed by atoms with Crippen LogP contribution in [-0.4, -0.2) is 31.7 Å². The Bertz CT molecular complexity index is 403. The number of aromatic nitrogens is 2. The first-order valence-electron chi connectivity index (χ1n) is 5.26. The molecule has 1 N–H and O–H groups in total. The van der Waals surface area contributed by atoms with Gasteiger partial charge in [0.15, 0.2) is 0 Å². The normalized spacial score (nSPS) is 25.4. The Labute approximate surface area is 102 Å². The number of nitrogens with one attached hydrogen (secondary N) is 1. The molecule has 1 fully saturated rings. The quantitative estimate of drug-likeness (QED) is 0.823. The zero-order valence-corrected chi connectivity index (χ0v) is 10.6. The molecule has 1 aromatic heterocycles. The summed E-state index contributed by atoms with van der Waals surface area (Å²) in [5.74, 6) is 2.34. The Morgan fingerprint density at radius 2 is 2.19 bits per heavy atom. The highest BCUT2D eigenvalue weighted by atomic mass is 35.5. The van der Waals surface area contributed by atoms with E-state index in [4.69, 9.17) is 11.6 Å². The monoisotopic (exact) mass is 259 g/mol. The molecule has 0 bridgehead atoms. The lowest BCUT2D eigenvalue weighted by Gasteiger charge is -2.23. The van der Waals surface area contributed by atoms with Gasteiger partial charge in [-0.2, -0.15) is 0 Å². The number of halogens is 1. The van der Waals surface area contributed by atoms with Gasteiger partial charge in [-0.3, -0.25) is 4.21 Å². The van der Waals surface area contributed by atoms with Crippen molar-refractivity contribution in [1.29, 1.82) is 0 Å². The van der Waals surface area contributed by atoms with Gasteiger partial charge in [0.1, 0.15) is 5.82 Å². The van der Waals surface area contributed by atoms with Crippen molar-refractivity contribution in [1.82, 2.24) is 9.97 Å². The topological polar surface area (TPSA) is 54.9 Å². The van der Waals surface area contributed by atoms with Crippen LogP contribution < -0.4 is 5.32 Å². The maximum absolute atomic E-state index is 11.2. The molecule has 1 aliphatic heterocycles. The minimum Gasteiger partial charge on any atom is -0.367 e. The lowest BCUT2D eigenvalue weighted by Crippen LogP contribution is -2.30. The Kier molecular flexibility index (Phi) is 3.76. The van der Waals surface area contributed by atoms with E-state index in [9.17, 15) is 4.21 Å². The van der Waals surface area contributed by atoms with Crippen molar-refractivity contribution in [3.63, 3.8) is 0 Å².